The van der Waals surface area contributed by atoms with Crippen LogP contribution >= 0.6 is 22.3 Å². The molecule has 3 aromatic rings. The summed E-state index contributed by atoms with van der Waals surface area (Å²) in [4.78, 5) is 22.9. The number of esters is 1. The maximum absolute atomic E-state index is 12.3. The molecule has 14 heteroatoms. The van der Waals surface area contributed by atoms with Crippen LogP contribution in [0.5, 0.6) is 5.75 Å². The van der Waals surface area contributed by atoms with Gasteiger partial charge in [-0.15, -0.1) is 0 Å². The van der Waals surface area contributed by atoms with Crippen molar-refractivity contribution in [3.05, 3.63) is 112 Å². The predicted molar refractivity (Wildman–Crippen MR) is 169 cm³/mol. The number of aliphatic imine (C=N–C) groups is 1. The highest BCUT2D eigenvalue weighted by Crippen LogP contribution is 2.34. The van der Waals surface area contributed by atoms with Gasteiger partial charge in [-0.1, -0.05) is 58.7 Å². The molecule has 45 heavy (non-hydrogen) atoms. The molecule has 0 bridgehead atoms. The molecule has 2 aliphatic rings. The van der Waals surface area contributed by atoms with Crippen LogP contribution in [0, 0.1) is 0 Å². The first kappa shape index (κ1) is 32.2. The van der Waals surface area contributed by atoms with Crippen molar-refractivity contribution in [2.24, 2.45) is 4.99 Å². The monoisotopic (exact) mass is 659 g/mol. The number of nitrogens with zero attached hydrogens (tertiary/aromatic N) is 3. The Bertz CT molecular complexity index is 1620. The molecule has 2 aliphatic heterocycles. The number of pyridine rings is 1. The minimum Gasteiger partial charge on any atom is -0.486 e. The SMILES string of the molecule is O=C(OCCOCCNS1=C2C(=C(Nc3ccc(OCc4ccccn4)c(Cl)c3)N=CN2Cc2ccccc2)C=C1)C(F)(F)F. The van der Waals surface area contributed by atoms with E-state index >= 15 is 0 Å². The molecule has 2 N–H and O–H groups in total. The van der Waals surface area contributed by atoms with E-state index in [1.807, 2.05) is 66.1 Å². The second-order valence-corrected chi connectivity index (χ2v) is 11.6. The lowest BCUT2D eigenvalue weighted by Gasteiger charge is -2.28. The number of nitrogens with one attached hydrogen (secondary N) is 2. The largest absolute Gasteiger partial charge is 0.490 e. The van der Waals surface area contributed by atoms with Crippen LogP contribution in [0.3, 0.4) is 0 Å². The van der Waals surface area contributed by atoms with E-state index in [0.717, 1.165) is 27.5 Å². The number of halogens is 4. The minimum atomic E-state index is -5.02. The number of fused-ring (bicyclic) bond motifs is 1. The van der Waals surface area contributed by atoms with Crippen molar-refractivity contribution in [3.8, 4) is 5.75 Å². The van der Waals surface area contributed by atoms with E-state index in [4.69, 9.17) is 26.1 Å². The summed E-state index contributed by atoms with van der Waals surface area (Å²) in [5, 5.41) is 5.84. The van der Waals surface area contributed by atoms with Gasteiger partial charge in [0, 0.05) is 30.5 Å². The third-order valence-corrected chi connectivity index (χ3v) is 8.43. The average Bonchev–Trinajstić information content (AvgIpc) is 3.46. The lowest BCUT2D eigenvalue weighted by Crippen LogP contribution is -2.34. The molecule has 0 amide bonds. The molecule has 2 aromatic carbocycles. The lowest BCUT2D eigenvalue weighted by atomic mass is 10.1. The maximum atomic E-state index is 12.3. The van der Waals surface area contributed by atoms with Crippen LogP contribution in [0.25, 0.3) is 0 Å². The second kappa shape index (κ2) is 15.2. The van der Waals surface area contributed by atoms with Crippen LogP contribution in [0.1, 0.15) is 11.3 Å². The van der Waals surface area contributed by atoms with E-state index in [0.29, 0.717) is 36.3 Å². The van der Waals surface area contributed by atoms with Gasteiger partial charge >= 0.3 is 12.1 Å². The van der Waals surface area contributed by atoms with Gasteiger partial charge in [0.15, 0.2) is 0 Å². The number of carbonyl (C=O) groups is 1. The van der Waals surface area contributed by atoms with Crippen LogP contribution in [-0.2, 0) is 27.4 Å². The molecule has 3 heterocycles. The van der Waals surface area contributed by atoms with Gasteiger partial charge in [0.25, 0.3) is 0 Å². The first-order valence-electron chi connectivity index (χ1n) is 13.8. The number of benzene rings is 2. The van der Waals surface area contributed by atoms with E-state index in [2.05, 4.69) is 24.7 Å². The molecule has 0 aliphatic carbocycles. The Morgan fingerprint density at radius 3 is 2.60 bits per heavy atom. The van der Waals surface area contributed by atoms with Crippen molar-refractivity contribution in [2.75, 3.05) is 31.7 Å². The van der Waals surface area contributed by atoms with Crippen molar-refractivity contribution in [3.63, 3.8) is 0 Å². The van der Waals surface area contributed by atoms with Gasteiger partial charge in [0.05, 0.1) is 35.3 Å². The Hall–Kier alpha value is -4.17. The quantitative estimate of drug-likeness (QED) is 0.123. The fourth-order valence-corrected chi connectivity index (χ4v) is 6.22. The number of alkyl halides is 3. The Balaban J connectivity index is 1.24. The van der Waals surface area contributed by atoms with E-state index < -0.39 is 29.4 Å². The lowest BCUT2D eigenvalue weighted by molar-refractivity contribution is -0.200. The third kappa shape index (κ3) is 8.94. The zero-order chi connectivity index (χ0) is 31.6. The fraction of sp³-hybridized carbons (Fsp3) is 0.226. The Labute approximate surface area is 265 Å². The standard InChI is InChI=1S/C31H29ClF3N5O4S/c32-26-18-23(9-10-27(26)44-20-24-8-4-5-12-36-24)39-28-25-11-17-45(38-13-14-42-15-16-43-30(41)31(33,34)35)29(25)40(21-37-28)19-22-6-2-1-3-7-22/h1-12,17-18,21,38-39H,13-16,19-20H2. The Morgan fingerprint density at radius 1 is 1.02 bits per heavy atom. The van der Waals surface area contributed by atoms with Crippen LogP contribution < -0.4 is 14.8 Å². The van der Waals surface area contributed by atoms with E-state index in [-0.39, 0.29) is 13.2 Å². The van der Waals surface area contributed by atoms with Gasteiger partial charge < -0.3 is 24.4 Å². The zero-order valence-corrected chi connectivity index (χ0v) is 25.4. The summed E-state index contributed by atoms with van der Waals surface area (Å²) in [5.74, 6) is -1.05. The van der Waals surface area contributed by atoms with E-state index in [9.17, 15) is 18.0 Å². The molecule has 0 saturated heterocycles. The highest BCUT2D eigenvalue weighted by atomic mass is 35.5. The van der Waals surface area contributed by atoms with Gasteiger partial charge in [-0.05, 0) is 47.4 Å². The molecular weight excluding hydrogens is 631 g/mol. The molecular formula is C31H29ClF3N5O4S. The summed E-state index contributed by atoms with van der Waals surface area (Å²) in [6.07, 6.45) is 0.455. The summed E-state index contributed by atoms with van der Waals surface area (Å²) >= 11 is 6.54. The zero-order valence-electron chi connectivity index (χ0n) is 23.8. The molecule has 0 radical (unpaired) electrons. The summed E-state index contributed by atoms with van der Waals surface area (Å²) in [7, 11) is -0.525. The fourth-order valence-electron chi connectivity index (χ4n) is 4.28. The van der Waals surface area contributed by atoms with Crippen LogP contribution in [0.15, 0.2) is 101 Å². The number of anilines is 1. The maximum Gasteiger partial charge on any atom is 0.490 e. The van der Waals surface area contributed by atoms with Gasteiger partial charge in [-0.25, -0.2) is 9.79 Å². The van der Waals surface area contributed by atoms with Gasteiger partial charge in [0.1, 0.15) is 24.8 Å². The van der Waals surface area contributed by atoms with E-state index in [1.54, 1.807) is 24.7 Å². The molecule has 1 unspecified atom stereocenters. The number of carbonyl (C=O) groups excluding carboxylic acids is 1. The van der Waals surface area contributed by atoms with Crippen molar-refractivity contribution in [1.82, 2.24) is 14.6 Å². The summed E-state index contributed by atoms with van der Waals surface area (Å²) in [6.45, 7) is 0.874. The van der Waals surface area contributed by atoms with Crippen molar-refractivity contribution in [1.29, 1.82) is 0 Å². The minimum absolute atomic E-state index is 0.148. The number of hydrogen-bond acceptors (Lipinski definition) is 9. The predicted octanol–water partition coefficient (Wildman–Crippen LogP) is 6.03. The molecule has 1 aromatic heterocycles. The highest BCUT2D eigenvalue weighted by molar-refractivity contribution is 8.17. The summed E-state index contributed by atoms with van der Waals surface area (Å²) in [5.41, 5.74) is 3.52. The normalized spacial score (nSPS) is 15.8. The summed E-state index contributed by atoms with van der Waals surface area (Å²) < 4.78 is 55.6. The number of aromatic nitrogens is 1. The molecule has 0 spiro atoms. The smallest absolute Gasteiger partial charge is 0.486 e. The summed E-state index contributed by atoms with van der Waals surface area (Å²) in [6, 6.07) is 21.0. The number of rotatable bonds is 14. The number of ether oxygens (including phenoxy) is 3. The molecule has 0 fully saturated rings. The van der Waals surface area contributed by atoms with Crippen LogP contribution in [0.4, 0.5) is 18.9 Å². The molecule has 1 atom stereocenters. The highest BCUT2D eigenvalue weighted by Gasteiger charge is 2.40. The van der Waals surface area contributed by atoms with Gasteiger partial charge in [-0.2, -0.15) is 13.2 Å². The third-order valence-electron chi connectivity index (χ3n) is 6.34. The van der Waals surface area contributed by atoms with E-state index in [1.165, 1.54) is 0 Å². The molecule has 5 rings (SSSR count). The Morgan fingerprint density at radius 2 is 1.84 bits per heavy atom. The second-order valence-electron chi connectivity index (χ2n) is 9.59. The molecule has 9 nitrogen and oxygen atoms in total. The van der Waals surface area contributed by atoms with Gasteiger partial charge in [-0.3, -0.25) is 9.71 Å². The van der Waals surface area contributed by atoms with Crippen molar-refractivity contribution >= 4 is 45.3 Å². The van der Waals surface area contributed by atoms with Gasteiger partial charge in [0.2, 0.25) is 0 Å². The first-order valence-corrected chi connectivity index (χ1v) is 15.5. The van der Waals surface area contributed by atoms with Crippen molar-refractivity contribution < 1.29 is 32.2 Å². The molecule has 236 valence electrons. The van der Waals surface area contributed by atoms with Crippen LogP contribution in [0.2, 0.25) is 5.02 Å². The topological polar surface area (TPSA) is 97.3 Å². The van der Waals surface area contributed by atoms with Crippen LogP contribution in [-0.4, -0.2) is 59.7 Å². The molecule has 0 saturated carbocycles. The number of hydrogen-bond donors (Lipinski definition) is 2. The first-order chi connectivity index (χ1) is 21.8. The van der Waals surface area contributed by atoms with Crippen molar-refractivity contribution in [2.45, 2.75) is 19.3 Å². The Kier molecular flexibility index (Phi) is 10.9. The average molecular weight is 660 g/mol.